The Labute approximate surface area is 183 Å². The van der Waals surface area contributed by atoms with Gasteiger partial charge in [-0.25, -0.2) is 9.69 Å². The van der Waals surface area contributed by atoms with Gasteiger partial charge in [0.1, 0.15) is 0 Å². The molecule has 1 aliphatic rings. The second-order valence-electron chi connectivity index (χ2n) is 7.02. The zero-order valence-corrected chi connectivity index (χ0v) is 17.2. The van der Waals surface area contributed by atoms with Gasteiger partial charge in [0.05, 0.1) is 27.4 Å². The number of carbonyl (C=O) groups is 4. The van der Waals surface area contributed by atoms with Crippen molar-refractivity contribution in [2.45, 2.75) is 6.92 Å². The minimum absolute atomic E-state index is 0.0672. The molecule has 3 aromatic carbocycles. The number of hydrogen-bond acceptors (Lipinski definition) is 5. The molecule has 0 aliphatic carbocycles. The number of carbonyl (C=O) groups excluding carboxylic acids is 4. The van der Waals surface area contributed by atoms with Gasteiger partial charge in [0.25, 0.3) is 11.8 Å². The molecule has 31 heavy (non-hydrogen) atoms. The quantitative estimate of drug-likeness (QED) is 0.336. The number of Topliss-reactive ketones (excluding diaryl/α,β-unsaturated/α-hetero) is 1. The molecule has 0 fully saturated rings. The van der Waals surface area contributed by atoms with Crippen molar-refractivity contribution < 1.29 is 23.9 Å². The van der Waals surface area contributed by atoms with Gasteiger partial charge in [0, 0.05) is 5.56 Å². The van der Waals surface area contributed by atoms with Gasteiger partial charge in [-0.05, 0) is 37.3 Å². The first-order chi connectivity index (χ1) is 14.9. The largest absolute Gasteiger partial charge is 0.454 e. The number of amides is 2. The maximum atomic E-state index is 12.9. The summed E-state index contributed by atoms with van der Waals surface area (Å²) in [4.78, 5) is 51.2. The molecule has 0 aromatic heterocycles. The van der Waals surface area contributed by atoms with E-state index >= 15 is 0 Å². The summed E-state index contributed by atoms with van der Waals surface area (Å²) >= 11 is 6.14. The third-order valence-electron chi connectivity index (χ3n) is 4.92. The van der Waals surface area contributed by atoms with Crippen LogP contribution < -0.4 is 4.90 Å². The van der Waals surface area contributed by atoms with Gasteiger partial charge in [0.2, 0.25) is 0 Å². The lowest BCUT2D eigenvalue weighted by molar-refractivity contribution is 0.0474. The van der Waals surface area contributed by atoms with Crippen LogP contribution >= 0.6 is 11.6 Å². The monoisotopic (exact) mass is 433 g/mol. The Kier molecular flexibility index (Phi) is 5.40. The lowest BCUT2D eigenvalue weighted by Crippen LogP contribution is -2.29. The smallest absolute Gasteiger partial charge is 0.338 e. The summed E-state index contributed by atoms with van der Waals surface area (Å²) in [7, 11) is 0. The summed E-state index contributed by atoms with van der Waals surface area (Å²) in [6.45, 7) is 1.47. The molecule has 3 aromatic rings. The van der Waals surface area contributed by atoms with Crippen molar-refractivity contribution in [2.75, 3.05) is 11.5 Å². The van der Waals surface area contributed by atoms with Crippen LogP contribution in [0.15, 0.2) is 66.7 Å². The fourth-order valence-corrected chi connectivity index (χ4v) is 3.48. The molecule has 0 saturated heterocycles. The van der Waals surface area contributed by atoms with Crippen LogP contribution in [0, 0.1) is 6.92 Å². The van der Waals surface area contributed by atoms with E-state index in [4.69, 9.17) is 16.3 Å². The predicted molar refractivity (Wildman–Crippen MR) is 115 cm³/mol. The van der Waals surface area contributed by atoms with Crippen LogP contribution in [0.4, 0.5) is 5.69 Å². The Balaban J connectivity index is 1.52. The normalized spacial score (nSPS) is 12.6. The first-order valence-corrected chi connectivity index (χ1v) is 9.79. The average Bonchev–Trinajstić information content (AvgIpc) is 3.02. The molecular formula is C24H16ClNO5. The van der Waals surface area contributed by atoms with Crippen molar-refractivity contribution in [1.29, 1.82) is 0 Å². The Morgan fingerprint density at radius 2 is 1.52 bits per heavy atom. The van der Waals surface area contributed by atoms with Gasteiger partial charge in [-0.1, -0.05) is 53.6 Å². The van der Waals surface area contributed by atoms with E-state index in [1.54, 1.807) is 48.5 Å². The molecule has 1 heterocycles. The fourth-order valence-electron chi connectivity index (χ4n) is 3.26. The number of hydrogen-bond donors (Lipinski definition) is 0. The molecule has 0 N–H and O–H groups in total. The maximum absolute atomic E-state index is 12.9. The maximum Gasteiger partial charge on any atom is 0.338 e. The minimum atomic E-state index is -0.764. The number of ether oxygens (including phenoxy) is 1. The predicted octanol–water partition coefficient (Wildman–Crippen LogP) is 4.49. The zero-order valence-electron chi connectivity index (χ0n) is 16.4. The summed E-state index contributed by atoms with van der Waals surface area (Å²) in [5.74, 6) is -2.22. The molecule has 4 rings (SSSR count). The molecule has 2 amide bonds. The lowest BCUT2D eigenvalue weighted by Gasteiger charge is -2.15. The molecule has 0 atom stereocenters. The van der Waals surface area contributed by atoms with E-state index in [2.05, 4.69) is 0 Å². The molecule has 0 saturated carbocycles. The van der Waals surface area contributed by atoms with E-state index in [1.807, 2.05) is 6.92 Å². The summed E-state index contributed by atoms with van der Waals surface area (Å²) in [6.07, 6.45) is 0. The van der Waals surface area contributed by atoms with Crippen molar-refractivity contribution in [3.05, 3.63) is 99.6 Å². The van der Waals surface area contributed by atoms with Crippen LogP contribution in [-0.4, -0.2) is 30.2 Å². The van der Waals surface area contributed by atoms with Crippen LogP contribution in [0.5, 0.6) is 0 Å². The van der Waals surface area contributed by atoms with Crippen LogP contribution in [-0.2, 0) is 4.74 Å². The number of ketones is 1. The topological polar surface area (TPSA) is 80.8 Å². The van der Waals surface area contributed by atoms with Crippen LogP contribution in [0.3, 0.4) is 0 Å². The number of fused-ring (bicyclic) bond motifs is 1. The van der Waals surface area contributed by atoms with Crippen molar-refractivity contribution in [1.82, 2.24) is 0 Å². The average molecular weight is 434 g/mol. The van der Waals surface area contributed by atoms with Gasteiger partial charge in [-0.2, -0.15) is 0 Å². The summed E-state index contributed by atoms with van der Waals surface area (Å²) < 4.78 is 5.11. The lowest BCUT2D eigenvalue weighted by atomic mass is 10.1. The molecule has 0 radical (unpaired) electrons. The fraction of sp³-hybridized carbons (Fsp3) is 0.0833. The van der Waals surface area contributed by atoms with E-state index in [9.17, 15) is 19.2 Å². The molecule has 7 heteroatoms. The Morgan fingerprint density at radius 1 is 0.871 bits per heavy atom. The molecule has 154 valence electrons. The molecule has 0 unspecified atom stereocenters. The highest BCUT2D eigenvalue weighted by Gasteiger charge is 2.38. The molecule has 0 spiro atoms. The number of para-hydroxylation sites is 1. The van der Waals surface area contributed by atoms with Gasteiger partial charge >= 0.3 is 5.97 Å². The Bertz CT molecular complexity index is 1230. The number of aryl methyl sites for hydroxylation is 1. The van der Waals surface area contributed by atoms with Crippen molar-refractivity contribution in [3.63, 3.8) is 0 Å². The molecule has 1 aliphatic heterocycles. The highest BCUT2D eigenvalue weighted by atomic mass is 35.5. The number of esters is 1. The molecular weight excluding hydrogens is 418 g/mol. The highest BCUT2D eigenvalue weighted by Crippen LogP contribution is 2.33. The summed E-state index contributed by atoms with van der Waals surface area (Å²) in [6, 6.07) is 17.5. The van der Waals surface area contributed by atoms with Gasteiger partial charge in [-0.3, -0.25) is 14.4 Å². The number of halogens is 1. The molecule has 6 nitrogen and oxygen atoms in total. The van der Waals surface area contributed by atoms with Gasteiger partial charge in [0.15, 0.2) is 12.4 Å². The van der Waals surface area contributed by atoms with Crippen molar-refractivity contribution in [3.8, 4) is 0 Å². The van der Waals surface area contributed by atoms with Crippen molar-refractivity contribution >= 4 is 40.9 Å². The third-order valence-corrected chi connectivity index (χ3v) is 5.24. The SMILES string of the molecule is Cc1ccc(C(=O)COC(=O)c2ccc3c(c2)C(=O)N(c2ccccc2Cl)C3=O)cc1. The number of benzene rings is 3. The van der Waals surface area contributed by atoms with Crippen LogP contribution in [0.2, 0.25) is 5.02 Å². The van der Waals surface area contributed by atoms with Gasteiger partial charge in [-0.15, -0.1) is 0 Å². The van der Waals surface area contributed by atoms with E-state index in [0.29, 0.717) is 5.56 Å². The summed E-state index contributed by atoms with van der Waals surface area (Å²) in [5, 5.41) is 0.256. The first kappa shape index (κ1) is 20.5. The van der Waals surface area contributed by atoms with E-state index in [1.165, 1.54) is 18.2 Å². The first-order valence-electron chi connectivity index (χ1n) is 9.41. The van der Waals surface area contributed by atoms with Gasteiger partial charge < -0.3 is 4.74 Å². The number of rotatable bonds is 5. The van der Waals surface area contributed by atoms with Crippen LogP contribution in [0.1, 0.15) is 47.0 Å². The van der Waals surface area contributed by atoms with E-state index in [-0.39, 0.29) is 33.2 Å². The number of nitrogens with zero attached hydrogens (tertiary/aromatic N) is 1. The zero-order chi connectivity index (χ0) is 22.1. The second kappa shape index (κ2) is 8.16. The number of imide groups is 1. The van der Waals surface area contributed by atoms with Crippen LogP contribution in [0.25, 0.3) is 0 Å². The third kappa shape index (κ3) is 3.85. The van der Waals surface area contributed by atoms with E-state index < -0.39 is 24.4 Å². The molecule has 0 bridgehead atoms. The Hall–Kier alpha value is -3.77. The minimum Gasteiger partial charge on any atom is -0.454 e. The number of anilines is 1. The Morgan fingerprint density at radius 3 is 2.23 bits per heavy atom. The standard InChI is InChI=1S/C24H16ClNO5/c1-14-6-8-15(9-7-14)21(27)13-31-24(30)16-10-11-17-18(12-16)23(29)26(22(17)28)20-5-3-2-4-19(20)25/h2-12H,13H2,1H3. The second-order valence-corrected chi connectivity index (χ2v) is 7.43. The van der Waals surface area contributed by atoms with Crippen molar-refractivity contribution in [2.24, 2.45) is 0 Å². The van der Waals surface area contributed by atoms with E-state index in [0.717, 1.165) is 10.5 Å². The summed E-state index contributed by atoms with van der Waals surface area (Å²) in [5.41, 5.74) is 2.02. The highest BCUT2D eigenvalue weighted by molar-refractivity contribution is 6.39.